The van der Waals surface area contributed by atoms with Gasteiger partial charge in [0.25, 0.3) is 5.91 Å². The molecular weight excluding hydrogens is 496 g/mol. The number of anilines is 1. The molecule has 5 rings (SSSR count). The van der Waals surface area contributed by atoms with E-state index in [0.717, 1.165) is 44.1 Å². The Morgan fingerprint density at radius 2 is 1.85 bits per heavy atom. The summed E-state index contributed by atoms with van der Waals surface area (Å²) in [6, 6.07) is 8.97. The topological polar surface area (TPSA) is 110 Å². The number of likely N-dealkylation sites (N-methyl/N-ethyl adjacent to an activating group) is 1. The highest BCUT2D eigenvalue weighted by Crippen LogP contribution is 2.33. The number of hydrogen-bond acceptors (Lipinski definition) is 6. The summed E-state index contributed by atoms with van der Waals surface area (Å²) in [6.45, 7) is 0.838. The fraction of sp³-hybridized carbons (Fsp3) is 0.533. The Labute approximate surface area is 229 Å². The van der Waals surface area contributed by atoms with Gasteiger partial charge >= 0.3 is 0 Å². The molecule has 3 aliphatic rings. The number of aromatic nitrogens is 1. The minimum atomic E-state index is -0.332. The predicted molar refractivity (Wildman–Crippen MR) is 146 cm³/mol. The van der Waals surface area contributed by atoms with E-state index in [-0.39, 0.29) is 54.9 Å². The van der Waals surface area contributed by atoms with Gasteiger partial charge in [-0.15, -0.1) is 0 Å². The summed E-state index contributed by atoms with van der Waals surface area (Å²) in [4.78, 5) is 44.5. The van der Waals surface area contributed by atoms with Gasteiger partial charge in [-0.2, -0.15) is 0 Å². The summed E-state index contributed by atoms with van der Waals surface area (Å²) in [5, 5.41) is 5.98. The third kappa shape index (κ3) is 6.76. The Hall–Kier alpha value is -3.46. The average Bonchev–Trinajstić information content (AvgIpc) is 2.96. The van der Waals surface area contributed by atoms with Crippen molar-refractivity contribution < 1.29 is 23.9 Å². The Bertz CT molecular complexity index is 1170. The summed E-state index contributed by atoms with van der Waals surface area (Å²) in [5.74, 6) is 0.323. The summed E-state index contributed by atoms with van der Waals surface area (Å²) in [6.07, 6.45) is 10.5. The average molecular weight is 535 g/mol. The molecule has 0 radical (unpaired) electrons. The van der Waals surface area contributed by atoms with Crippen LogP contribution in [0.15, 0.2) is 42.7 Å². The number of carbonyl (C=O) groups excluding carboxylic acids is 3. The standard InChI is InChI=1S/C30H38N4O5/c1-34-25-9-8-23(18-28(35)32-16-13-20-11-14-31-15-12-20)39-27(25)19-38-26-10-7-22(17-24(26)30(34)37)33-29(36)21-5-3-2-4-6-21/h7,10-12,14-15,17,21,23,25,27H,2-6,8-9,13,16,18-19H2,1H3,(H,32,35)(H,33,36)/t23-,25+,27-/m1/s1. The van der Waals surface area contributed by atoms with Crippen LogP contribution in [0, 0.1) is 5.92 Å². The minimum absolute atomic E-state index is 0.0235. The molecule has 3 heterocycles. The van der Waals surface area contributed by atoms with Gasteiger partial charge in [-0.05, 0) is 68.0 Å². The van der Waals surface area contributed by atoms with Crippen molar-refractivity contribution in [2.75, 3.05) is 25.5 Å². The highest BCUT2D eigenvalue weighted by molar-refractivity contribution is 6.00. The number of nitrogens with one attached hydrogen (secondary N) is 2. The molecule has 1 aromatic heterocycles. The lowest BCUT2D eigenvalue weighted by Gasteiger charge is -2.42. The van der Waals surface area contributed by atoms with Crippen molar-refractivity contribution >= 4 is 23.4 Å². The van der Waals surface area contributed by atoms with Crippen molar-refractivity contribution in [2.45, 2.75) is 76.0 Å². The summed E-state index contributed by atoms with van der Waals surface area (Å²) >= 11 is 0. The number of ether oxygens (including phenoxy) is 2. The SMILES string of the molecule is CN1C(=O)c2cc(NC(=O)C3CCCCC3)ccc2OC[C@H]2O[C@@H](CC(=O)NCCc3ccncc3)CC[C@@H]21. The van der Waals surface area contributed by atoms with Gasteiger partial charge in [-0.3, -0.25) is 19.4 Å². The van der Waals surface area contributed by atoms with Gasteiger partial charge in [0.2, 0.25) is 11.8 Å². The molecule has 0 unspecified atom stereocenters. The van der Waals surface area contributed by atoms with Crippen LogP contribution in [0.4, 0.5) is 5.69 Å². The number of nitrogens with zero attached hydrogens (tertiary/aromatic N) is 2. The fourth-order valence-electron chi connectivity index (χ4n) is 5.89. The molecule has 0 spiro atoms. The van der Waals surface area contributed by atoms with E-state index in [4.69, 9.17) is 9.47 Å². The van der Waals surface area contributed by atoms with Gasteiger partial charge in [0, 0.05) is 37.6 Å². The normalized spacial score (nSPS) is 23.5. The van der Waals surface area contributed by atoms with Crippen molar-refractivity contribution in [3.63, 3.8) is 0 Å². The molecule has 2 aliphatic heterocycles. The molecule has 2 N–H and O–H groups in total. The first-order valence-corrected chi connectivity index (χ1v) is 14.1. The van der Waals surface area contributed by atoms with Crippen LogP contribution in [0.2, 0.25) is 0 Å². The van der Waals surface area contributed by atoms with Crippen molar-refractivity contribution in [3.8, 4) is 5.75 Å². The van der Waals surface area contributed by atoms with Crippen LogP contribution in [-0.2, 0) is 20.7 Å². The molecule has 2 aromatic rings. The van der Waals surface area contributed by atoms with E-state index in [0.29, 0.717) is 30.0 Å². The maximum atomic E-state index is 13.5. The number of pyridine rings is 1. The van der Waals surface area contributed by atoms with E-state index in [9.17, 15) is 14.4 Å². The molecule has 2 fully saturated rings. The zero-order valence-electron chi connectivity index (χ0n) is 22.6. The molecule has 0 bridgehead atoms. The second kappa shape index (κ2) is 12.6. The number of rotatable bonds is 7. The molecule has 9 nitrogen and oxygen atoms in total. The summed E-state index contributed by atoms with van der Waals surface area (Å²) < 4.78 is 12.4. The number of fused-ring (bicyclic) bond motifs is 2. The molecule has 3 atom stereocenters. The number of benzene rings is 1. The third-order valence-electron chi connectivity index (χ3n) is 8.15. The summed E-state index contributed by atoms with van der Waals surface area (Å²) in [7, 11) is 1.79. The van der Waals surface area contributed by atoms with Gasteiger partial charge < -0.3 is 25.0 Å². The smallest absolute Gasteiger partial charge is 0.257 e. The van der Waals surface area contributed by atoms with Gasteiger partial charge in [-0.25, -0.2) is 0 Å². The molecule has 1 saturated carbocycles. The van der Waals surface area contributed by atoms with E-state index in [1.54, 1.807) is 42.5 Å². The Morgan fingerprint density at radius 1 is 1.05 bits per heavy atom. The van der Waals surface area contributed by atoms with Crippen LogP contribution < -0.4 is 15.4 Å². The van der Waals surface area contributed by atoms with E-state index in [1.165, 1.54) is 6.42 Å². The van der Waals surface area contributed by atoms with E-state index in [2.05, 4.69) is 15.6 Å². The van der Waals surface area contributed by atoms with Gasteiger partial charge in [0.1, 0.15) is 18.5 Å². The van der Waals surface area contributed by atoms with E-state index in [1.807, 2.05) is 12.1 Å². The van der Waals surface area contributed by atoms with Crippen LogP contribution in [0.3, 0.4) is 0 Å². The molecule has 1 aromatic carbocycles. The third-order valence-corrected chi connectivity index (χ3v) is 8.15. The van der Waals surface area contributed by atoms with E-state index >= 15 is 0 Å². The monoisotopic (exact) mass is 534 g/mol. The van der Waals surface area contributed by atoms with Crippen molar-refractivity contribution in [1.82, 2.24) is 15.2 Å². The fourth-order valence-corrected chi connectivity index (χ4v) is 5.89. The van der Waals surface area contributed by atoms with Crippen LogP contribution in [0.5, 0.6) is 5.75 Å². The van der Waals surface area contributed by atoms with Crippen molar-refractivity contribution in [2.24, 2.45) is 5.92 Å². The first kappa shape index (κ1) is 27.1. The largest absolute Gasteiger partial charge is 0.490 e. The summed E-state index contributed by atoms with van der Waals surface area (Å²) in [5.41, 5.74) is 2.18. The van der Waals surface area contributed by atoms with Gasteiger partial charge in [0.15, 0.2) is 0 Å². The quantitative estimate of drug-likeness (QED) is 0.560. The molecular formula is C30H38N4O5. The number of hydrogen-bond donors (Lipinski definition) is 2. The highest BCUT2D eigenvalue weighted by Gasteiger charge is 2.39. The maximum absolute atomic E-state index is 13.5. The Morgan fingerprint density at radius 3 is 2.64 bits per heavy atom. The number of carbonyl (C=O) groups is 3. The Balaban J connectivity index is 1.17. The second-order valence-corrected chi connectivity index (χ2v) is 10.9. The maximum Gasteiger partial charge on any atom is 0.257 e. The molecule has 3 amide bonds. The second-order valence-electron chi connectivity index (χ2n) is 10.9. The van der Waals surface area contributed by atoms with Crippen LogP contribution in [0.1, 0.15) is 67.3 Å². The number of amides is 3. The van der Waals surface area contributed by atoms with Crippen molar-refractivity contribution in [3.05, 3.63) is 53.9 Å². The lowest BCUT2D eigenvalue weighted by molar-refractivity contribution is -0.134. The van der Waals surface area contributed by atoms with Crippen molar-refractivity contribution in [1.29, 1.82) is 0 Å². The minimum Gasteiger partial charge on any atom is -0.490 e. The first-order valence-electron chi connectivity index (χ1n) is 14.1. The molecule has 39 heavy (non-hydrogen) atoms. The molecule has 1 saturated heterocycles. The van der Waals surface area contributed by atoms with Gasteiger partial charge in [0.05, 0.1) is 24.1 Å². The van der Waals surface area contributed by atoms with Crippen LogP contribution >= 0.6 is 0 Å². The molecule has 208 valence electrons. The highest BCUT2D eigenvalue weighted by atomic mass is 16.5. The Kier molecular flexibility index (Phi) is 8.76. The molecule has 1 aliphatic carbocycles. The first-order chi connectivity index (χ1) is 19.0. The molecule has 9 heteroatoms. The lowest BCUT2D eigenvalue weighted by atomic mass is 9.88. The predicted octanol–water partition coefficient (Wildman–Crippen LogP) is 3.73. The zero-order chi connectivity index (χ0) is 27.2. The van der Waals surface area contributed by atoms with Gasteiger partial charge in [-0.1, -0.05) is 19.3 Å². The van der Waals surface area contributed by atoms with Crippen LogP contribution in [0.25, 0.3) is 0 Å². The lowest BCUT2D eigenvalue weighted by Crippen LogP contribution is -2.54. The zero-order valence-corrected chi connectivity index (χ0v) is 22.6. The van der Waals surface area contributed by atoms with Crippen LogP contribution in [-0.4, -0.2) is 66.1 Å². The van der Waals surface area contributed by atoms with E-state index < -0.39 is 0 Å².